The molecule has 0 aromatic carbocycles. The number of esters is 1. The molecule has 2 fully saturated rings. The Kier molecular flexibility index (Phi) is 9.44. The molecular formula is C25H39NO4S. The first-order chi connectivity index (χ1) is 14.6. The van der Waals surface area contributed by atoms with Crippen LogP contribution in [0, 0.1) is 23.7 Å². The summed E-state index contributed by atoms with van der Waals surface area (Å²) in [6.45, 7) is 10.3. The SMILES string of the molecule is C/C=C\c1csc(C)n1.CC1CC2(C)CCCCCCCOC(=O)CC(O)[C@@]2(C)C1=O. The molecule has 3 rings (SSSR count). The lowest BCUT2D eigenvalue weighted by atomic mass is 9.61. The van der Waals surface area contributed by atoms with Gasteiger partial charge in [0, 0.05) is 11.3 Å². The molecule has 1 aromatic heterocycles. The summed E-state index contributed by atoms with van der Waals surface area (Å²) in [6.07, 6.45) is 10.00. The number of aliphatic hydroxyl groups excluding tert-OH is 1. The van der Waals surface area contributed by atoms with Gasteiger partial charge in [-0.1, -0.05) is 45.6 Å². The van der Waals surface area contributed by atoms with Gasteiger partial charge in [-0.15, -0.1) is 11.3 Å². The van der Waals surface area contributed by atoms with Gasteiger partial charge in [0.2, 0.25) is 0 Å². The molecule has 3 unspecified atom stereocenters. The molecule has 0 radical (unpaired) electrons. The van der Waals surface area contributed by atoms with Crippen LogP contribution < -0.4 is 0 Å². The van der Waals surface area contributed by atoms with E-state index in [9.17, 15) is 14.7 Å². The Balaban J connectivity index is 0.000000316. The average molecular weight is 450 g/mol. The molecule has 174 valence electrons. The number of ketones is 1. The van der Waals surface area contributed by atoms with Crippen molar-refractivity contribution in [3.05, 3.63) is 22.2 Å². The first-order valence-electron chi connectivity index (χ1n) is 11.6. The number of hydrogen-bond donors (Lipinski definition) is 1. The van der Waals surface area contributed by atoms with Gasteiger partial charge in [-0.2, -0.15) is 0 Å². The van der Waals surface area contributed by atoms with Crippen molar-refractivity contribution < 1.29 is 19.4 Å². The normalized spacial score (nSPS) is 32.8. The topological polar surface area (TPSA) is 76.5 Å². The Morgan fingerprint density at radius 3 is 2.52 bits per heavy atom. The Morgan fingerprint density at radius 1 is 1.19 bits per heavy atom. The van der Waals surface area contributed by atoms with Gasteiger partial charge in [0.05, 0.1) is 35.2 Å². The van der Waals surface area contributed by atoms with Gasteiger partial charge < -0.3 is 9.84 Å². The molecule has 31 heavy (non-hydrogen) atoms. The molecule has 6 heteroatoms. The third kappa shape index (κ3) is 6.26. The van der Waals surface area contributed by atoms with Crippen molar-refractivity contribution in [1.82, 2.24) is 4.98 Å². The van der Waals surface area contributed by atoms with Gasteiger partial charge in [-0.3, -0.25) is 9.59 Å². The van der Waals surface area contributed by atoms with Crippen molar-refractivity contribution in [1.29, 1.82) is 0 Å². The summed E-state index contributed by atoms with van der Waals surface area (Å²) < 4.78 is 5.20. The molecular weight excluding hydrogens is 410 g/mol. The van der Waals surface area contributed by atoms with E-state index >= 15 is 0 Å². The van der Waals surface area contributed by atoms with Gasteiger partial charge in [-0.25, -0.2) is 4.98 Å². The van der Waals surface area contributed by atoms with Gasteiger partial charge in [0.25, 0.3) is 0 Å². The zero-order chi connectivity index (χ0) is 23.1. The monoisotopic (exact) mass is 449 g/mol. The number of ether oxygens (including phenoxy) is 1. The van der Waals surface area contributed by atoms with E-state index < -0.39 is 11.5 Å². The standard InChI is InChI=1S/C18H30O4.C7H9NS/c1-13-12-17(2)9-7-5-4-6-8-10-22-15(20)11-14(19)18(17,3)16(13)21;1-3-4-7-5-9-6(2)8-7/h13-14,19H,4-12H2,1-3H3;3-5H,1-2H3/b;4-3-/t13?,14?,17?,18-;/m0./s1. The predicted molar refractivity (Wildman–Crippen MR) is 126 cm³/mol. The Bertz CT molecular complexity index is 773. The van der Waals surface area contributed by atoms with Crippen LogP contribution in [0.5, 0.6) is 0 Å². The minimum atomic E-state index is -0.955. The maximum atomic E-state index is 12.8. The minimum Gasteiger partial charge on any atom is -0.466 e. The van der Waals surface area contributed by atoms with Crippen LogP contribution >= 0.6 is 11.3 Å². The second-order valence-corrected chi connectivity index (χ2v) is 10.5. The zero-order valence-electron chi connectivity index (χ0n) is 19.8. The Morgan fingerprint density at radius 2 is 1.87 bits per heavy atom. The van der Waals surface area contributed by atoms with Gasteiger partial charge in [0.15, 0.2) is 0 Å². The third-order valence-corrected chi connectivity index (χ3v) is 7.90. The predicted octanol–water partition coefficient (Wildman–Crippen LogP) is 5.74. The van der Waals surface area contributed by atoms with E-state index in [-0.39, 0.29) is 29.5 Å². The second-order valence-electron chi connectivity index (χ2n) is 9.48. The number of thiazole rings is 1. The van der Waals surface area contributed by atoms with Crippen molar-refractivity contribution in [2.75, 3.05) is 6.61 Å². The summed E-state index contributed by atoms with van der Waals surface area (Å²) in [7, 11) is 0. The number of aliphatic hydroxyl groups is 1. The van der Waals surface area contributed by atoms with E-state index in [1.165, 1.54) is 0 Å². The van der Waals surface area contributed by atoms with Crippen LogP contribution in [0.2, 0.25) is 0 Å². The molecule has 4 atom stereocenters. The van der Waals surface area contributed by atoms with E-state index in [4.69, 9.17) is 4.74 Å². The number of allylic oxidation sites excluding steroid dienone is 1. The summed E-state index contributed by atoms with van der Waals surface area (Å²) in [5.74, 6) is -0.332. The number of carbonyl (C=O) groups is 2. The summed E-state index contributed by atoms with van der Waals surface area (Å²) in [5, 5.41) is 13.9. The number of Topliss-reactive ketones (excluding diaryl/α,β-unsaturated/α-hetero) is 1. The lowest BCUT2D eigenvalue weighted by Gasteiger charge is -2.43. The molecule has 2 aliphatic rings. The quantitative estimate of drug-likeness (QED) is 0.553. The van der Waals surface area contributed by atoms with Crippen LogP contribution in [0.3, 0.4) is 0 Å². The maximum Gasteiger partial charge on any atom is 0.308 e. The Labute approximate surface area is 191 Å². The molecule has 1 aromatic rings. The Hall–Kier alpha value is -1.53. The van der Waals surface area contributed by atoms with Crippen molar-refractivity contribution >= 4 is 29.2 Å². The van der Waals surface area contributed by atoms with Crippen molar-refractivity contribution in [2.24, 2.45) is 16.7 Å². The molecule has 5 nitrogen and oxygen atoms in total. The van der Waals surface area contributed by atoms with Crippen LogP contribution in [-0.4, -0.2) is 34.6 Å². The molecule has 0 spiro atoms. The van der Waals surface area contributed by atoms with Crippen molar-refractivity contribution in [2.45, 2.75) is 92.1 Å². The molecule has 0 amide bonds. The highest BCUT2D eigenvalue weighted by Gasteiger charge is 2.60. The molecule has 1 aliphatic heterocycles. The summed E-state index contributed by atoms with van der Waals surface area (Å²) in [5.41, 5.74) is -0.0171. The zero-order valence-corrected chi connectivity index (χ0v) is 20.6. The maximum absolute atomic E-state index is 12.8. The lowest BCUT2D eigenvalue weighted by Crippen LogP contribution is -2.48. The van der Waals surface area contributed by atoms with Gasteiger partial charge in [-0.05, 0) is 51.5 Å². The molecule has 0 bridgehead atoms. The van der Waals surface area contributed by atoms with Crippen LogP contribution in [0.1, 0.15) is 89.8 Å². The van der Waals surface area contributed by atoms with Crippen molar-refractivity contribution in [3.63, 3.8) is 0 Å². The second kappa shape index (κ2) is 11.4. The number of rotatable bonds is 1. The van der Waals surface area contributed by atoms with Crippen molar-refractivity contribution in [3.8, 4) is 0 Å². The number of aromatic nitrogens is 1. The van der Waals surface area contributed by atoms with E-state index in [0.29, 0.717) is 6.61 Å². The van der Waals surface area contributed by atoms with E-state index in [1.54, 1.807) is 11.3 Å². The molecule has 1 aliphatic carbocycles. The van der Waals surface area contributed by atoms with Crippen LogP contribution in [0.25, 0.3) is 6.08 Å². The third-order valence-electron chi connectivity index (χ3n) is 7.11. The highest BCUT2D eigenvalue weighted by atomic mass is 32.1. The lowest BCUT2D eigenvalue weighted by molar-refractivity contribution is -0.153. The first-order valence-corrected chi connectivity index (χ1v) is 12.4. The molecule has 1 N–H and O–H groups in total. The highest BCUT2D eigenvalue weighted by Crippen LogP contribution is 2.57. The van der Waals surface area contributed by atoms with E-state index in [0.717, 1.165) is 55.6 Å². The number of hydrogen-bond acceptors (Lipinski definition) is 6. The number of fused-ring (bicyclic) bond motifs is 1. The fourth-order valence-electron chi connectivity index (χ4n) is 5.10. The van der Waals surface area contributed by atoms with E-state index in [1.807, 2.05) is 39.8 Å². The number of cyclic esters (lactones) is 1. The summed E-state index contributed by atoms with van der Waals surface area (Å²) in [4.78, 5) is 28.9. The molecule has 1 saturated heterocycles. The van der Waals surface area contributed by atoms with Gasteiger partial charge >= 0.3 is 5.97 Å². The summed E-state index contributed by atoms with van der Waals surface area (Å²) >= 11 is 1.68. The smallest absolute Gasteiger partial charge is 0.308 e. The van der Waals surface area contributed by atoms with E-state index in [2.05, 4.69) is 17.3 Å². The molecule has 2 heterocycles. The number of carbonyl (C=O) groups excluding carboxylic acids is 2. The fraction of sp³-hybridized carbons (Fsp3) is 0.720. The minimum absolute atomic E-state index is 0.0476. The summed E-state index contributed by atoms with van der Waals surface area (Å²) in [6, 6.07) is 0. The first kappa shape index (κ1) is 25.7. The largest absolute Gasteiger partial charge is 0.466 e. The molecule has 1 saturated carbocycles. The number of aryl methyl sites for hydroxylation is 1. The fourth-order valence-corrected chi connectivity index (χ4v) is 5.68. The van der Waals surface area contributed by atoms with Gasteiger partial charge in [0.1, 0.15) is 5.78 Å². The average Bonchev–Trinajstić information content (AvgIpc) is 3.19. The highest BCUT2D eigenvalue weighted by molar-refractivity contribution is 7.09. The van der Waals surface area contributed by atoms with Crippen LogP contribution in [-0.2, 0) is 14.3 Å². The van der Waals surface area contributed by atoms with Crippen LogP contribution in [0.4, 0.5) is 0 Å². The number of nitrogens with zero attached hydrogens (tertiary/aromatic N) is 1. The van der Waals surface area contributed by atoms with Crippen LogP contribution in [0.15, 0.2) is 11.5 Å².